The molecule has 0 aromatic heterocycles. The molecule has 2 aromatic rings. The number of carbonyl (C=O) groups is 2. The van der Waals surface area contributed by atoms with E-state index in [0.717, 1.165) is 55.6 Å². The molecule has 1 aliphatic carbocycles. The Morgan fingerprint density at radius 3 is 2.48 bits per heavy atom. The van der Waals surface area contributed by atoms with E-state index in [9.17, 15) is 9.59 Å². The molecule has 1 saturated carbocycles. The van der Waals surface area contributed by atoms with Gasteiger partial charge in [-0.2, -0.15) is 0 Å². The summed E-state index contributed by atoms with van der Waals surface area (Å²) >= 11 is 0. The first-order valence-electron chi connectivity index (χ1n) is 11.6. The minimum Gasteiger partial charge on any atom is -0.381 e. The van der Waals surface area contributed by atoms with Gasteiger partial charge in [-0.15, -0.1) is 0 Å². The molecule has 162 valence electrons. The predicted molar refractivity (Wildman–Crippen MR) is 121 cm³/mol. The van der Waals surface area contributed by atoms with Gasteiger partial charge in [-0.1, -0.05) is 49.2 Å². The van der Waals surface area contributed by atoms with E-state index in [1.54, 1.807) is 0 Å². The van der Waals surface area contributed by atoms with Crippen LogP contribution in [0.25, 0.3) is 0 Å². The van der Waals surface area contributed by atoms with E-state index in [4.69, 9.17) is 4.74 Å². The SMILES string of the molecule is O=C(C1CCCC1)N1CCc2ccc(NC(=O)C3(c4ccccc4)CCOCC3)cc21. The molecule has 3 aliphatic rings. The first kappa shape index (κ1) is 20.3. The van der Waals surface area contributed by atoms with Crippen LogP contribution < -0.4 is 10.2 Å². The Labute approximate surface area is 183 Å². The molecule has 0 radical (unpaired) electrons. The summed E-state index contributed by atoms with van der Waals surface area (Å²) in [4.78, 5) is 28.6. The lowest BCUT2D eigenvalue weighted by Gasteiger charge is -2.36. The highest BCUT2D eigenvalue weighted by atomic mass is 16.5. The van der Waals surface area contributed by atoms with Crippen LogP contribution in [0.3, 0.4) is 0 Å². The molecule has 0 unspecified atom stereocenters. The Balaban J connectivity index is 1.39. The minimum atomic E-state index is -0.585. The fourth-order valence-corrected chi connectivity index (χ4v) is 5.45. The number of fused-ring (bicyclic) bond motifs is 1. The van der Waals surface area contributed by atoms with Crippen LogP contribution in [0, 0.1) is 5.92 Å². The summed E-state index contributed by atoms with van der Waals surface area (Å²) in [6.45, 7) is 1.90. The van der Waals surface area contributed by atoms with Gasteiger partial charge in [0.05, 0.1) is 5.41 Å². The fourth-order valence-electron chi connectivity index (χ4n) is 5.45. The van der Waals surface area contributed by atoms with Gasteiger partial charge in [-0.25, -0.2) is 0 Å². The lowest BCUT2D eigenvalue weighted by Crippen LogP contribution is -2.44. The quantitative estimate of drug-likeness (QED) is 0.798. The molecule has 2 fully saturated rings. The van der Waals surface area contributed by atoms with E-state index < -0.39 is 5.41 Å². The number of carbonyl (C=O) groups excluding carboxylic acids is 2. The molecule has 2 aromatic carbocycles. The zero-order valence-corrected chi connectivity index (χ0v) is 17.9. The maximum Gasteiger partial charge on any atom is 0.235 e. The van der Waals surface area contributed by atoms with E-state index in [-0.39, 0.29) is 17.7 Å². The lowest BCUT2D eigenvalue weighted by atomic mass is 9.73. The molecule has 2 amide bonds. The number of rotatable bonds is 4. The van der Waals surface area contributed by atoms with Crippen LogP contribution in [0.2, 0.25) is 0 Å². The molecule has 2 aliphatic heterocycles. The fraction of sp³-hybridized carbons (Fsp3) is 0.462. The number of amides is 2. The second-order valence-corrected chi connectivity index (χ2v) is 9.08. The average Bonchev–Trinajstić information content (AvgIpc) is 3.50. The number of hydrogen-bond donors (Lipinski definition) is 1. The summed E-state index contributed by atoms with van der Waals surface area (Å²) < 4.78 is 5.57. The van der Waals surface area contributed by atoms with Crippen LogP contribution in [-0.4, -0.2) is 31.6 Å². The maximum atomic E-state index is 13.6. The van der Waals surface area contributed by atoms with Gasteiger partial charge in [0.25, 0.3) is 0 Å². The highest BCUT2D eigenvalue weighted by Gasteiger charge is 2.42. The Kier molecular flexibility index (Phi) is 5.53. The number of ether oxygens (including phenoxy) is 1. The second kappa shape index (κ2) is 8.46. The van der Waals surface area contributed by atoms with Crippen LogP contribution in [0.5, 0.6) is 0 Å². The summed E-state index contributed by atoms with van der Waals surface area (Å²) in [6.07, 6.45) is 6.52. The first-order valence-corrected chi connectivity index (χ1v) is 11.6. The highest BCUT2D eigenvalue weighted by molar-refractivity contribution is 6.01. The Hall–Kier alpha value is -2.66. The molecular weight excluding hydrogens is 388 g/mol. The molecule has 31 heavy (non-hydrogen) atoms. The molecule has 0 atom stereocenters. The van der Waals surface area contributed by atoms with Crippen LogP contribution in [-0.2, 0) is 26.2 Å². The van der Waals surface area contributed by atoms with Gasteiger partial charge in [-0.05, 0) is 55.4 Å². The molecule has 0 bridgehead atoms. The highest BCUT2D eigenvalue weighted by Crippen LogP contribution is 2.38. The van der Waals surface area contributed by atoms with Crippen molar-refractivity contribution >= 4 is 23.2 Å². The van der Waals surface area contributed by atoms with Crippen LogP contribution >= 0.6 is 0 Å². The van der Waals surface area contributed by atoms with Gasteiger partial charge in [0, 0.05) is 37.1 Å². The lowest BCUT2D eigenvalue weighted by molar-refractivity contribution is -0.125. The van der Waals surface area contributed by atoms with Crippen molar-refractivity contribution in [2.24, 2.45) is 5.92 Å². The van der Waals surface area contributed by atoms with Crippen molar-refractivity contribution in [2.75, 3.05) is 30.0 Å². The van der Waals surface area contributed by atoms with Crippen molar-refractivity contribution in [3.05, 3.63) is 59.7 Å². The van der Waals surface area contributed by atoms with Gasteiger partial charge in [0.2, 0.25) is 11.8 Å². The molecule has 5 nitrogen and oxygen atoms in total. The van der Waals surface area contributed by atoms with E-state index >= 15 is 0 Å². The molecule has 0 spiro atoms. The standard InChI is InChI=1S/C26H30N2O3/c29-24(20-6-4-5-7-20)28-15-12-19-10-11-22(18-23(19)28)27-25(30)26(13-16-31-17-14-26)21-8-2-1-3-9-21/h1-3,8-11,18,20H,4-7,12-17H2,(H,27,30). The second-order valence-electron chi connectivity index (χ2n) is 9.08. The number of anilines is 2. The number of hydrogen-bond acceptors (Lipinski definition) is 3. The van der Waals surface area contributed by atoms with Crippen LogP contribution in [0.1, 0.15) is 49.7 Å². The van der Waals surface area contributed by atoms with Gasteiger partial charge in [0.1, 0.15) is 0 Å². The van der Waals surface area contributed by atoms with Crippen molar-refractivity contribution in [3.8, 4) is 0 Å². The largest absolute Gasteiger partial charge is 0.381 e. The summed E-state index contributed by atoms with van der Waals surface area (Å²) in [5.74, 6) is 0.423. The molecule has 2 heterocycles. The molecular formula is C26H30N2O3. The zero-order chi connectivity index (χ0) is 21.3. The summed E-state index contributed by atoms with van der Waals surface area (Å²) in [5, 5.41) is 3.18. The predicted octanol–water partition coefficient (Wildman–Crippen LogP) is 4.45. The molecule has 1 saturated heterocycles. The smallest absolute Gasteiger partial charge is 0.235 e. The number of benzene rings is 2. The Bertz CT molecular complexity index is 960. The van der Waals surface area contributed by atoms with Crippen LogP contribution in [0.15, 0.2) is 48.5 Å². The van der Waals surface area contributed by atoms with E-state index in [1.165, 1.54) is 5.56 Å². The average molecular weight is 419 g/mol. The van der Waals surface area contributed by atoms with Gasteiger partial charge in [0.15, 0.2) is 0 Å². The third-order valence-electron chi connectivity index (χ3n) is 7.32. The summed E-state index contributed by atoms with van der Waals surface area (Å²) in [7, 11) is 0. The topological polar surface area (TPSA) is 58.6 Å². The third-order valence-corrected chi connectivity index (χ3v) is 7.32. The third kappa shape index (κ3) is 3.76. The van der Waals surface area contributed by atoms with Crippen molar-refractivity contribution in [1.29, 1.82) is 0 Å². The van der Waals surface area contributed by atoms with E-state index in [1.807, 2.05) is 47.4 Å². The maximum absolute atomic E-state index is 13.6. The first-order chi connectivity index (χ1) is 15.2. The van der Waals surface area contributed by atoms with Gasteiger partial charge < -0.3 is 15.0 Å². The van der Waals surface area contributed by atoms with Gasteiger partial charge in [-0.3, -0.25) is 9.59 Å². The molecule has 1 N–H and O–H groups in total. The zero-order valence-electron chi connectivity index (χ0n) is 17.9. The van der Waals surface area contributed by atoms with Crippen LogP contribution in [0.4, 0.5) is 11.4 Å². The molecule has 5 heteroatoms. The summed E-state index contributed by atoms with van der Waals surface area (Å²) in [6, 6.07) is 16.1. The van der Waals surface area contributed by atoms with Crippen molar-refractivity contribution in [3.63, 3.8) is 0 Å². The molecule has 5 rings (SSSR count). The van der Waals surface area contributed by atoms with E-state index in [2.05, 4.69) is 11.4 Å². The summed E-state index contributed by atoms with van der Waals surface area (Å²) in [5.41, 5.74) is 3.37. The number of nitrogens with zero attached hydrogens (tertiary/aromatic N) is 1. The monoisotopic (exact) mass is 418 g/mol. The minimum absolute atomic E-state index is 0.00798. The Morgan fingerprint density at radius 2 is 1.74 bits per heavy atom. The van der Waals surface area contributed by atoms with Gasteiger partial charge >= 0.3 is 0 Å². The van der Waals surface area contributed by atoms with Crippen molar-refractivity contribution < 1.29 is 14.3 Å². The Morgan fingerprint density at radius 1 is 1.00 bits per heavy atom. The van der Waals surface area contributed by atoms with Crippen molar-refractivity contribution in [1.82, 2.24) is 0 Å². The normalized spacial score (nSPS) is 20.5. The van der Waals surface area contributed by atoms with E-state index in [0.29, 0.717) is 26.1 Å². The van der Waals surface area contributed by atoms with Crippen molar-refractivity contribution in [2.45, 2.75) is 50.4 Å². The number of nitrogens with one attached hydrogen (secondary N) is 1.